The topological polar surface area (TPSA) is 20.9 Å². The van der Waals surface area contributed by atoms with Gasteiger partial charge in [0.1, 0.15) is 7.05 Å². The van der Waals surface area contributed by atoms with Crippen molar-refractivity contribution < 1.29 is 9.36 Å². The van der Waals surface area contributed by atoms with Crippen molar-refractivity contribution in [3.8, 4) is 0 Å². The molecule has 0 radical (unpaired) electrons. The van der Waals surface area contributed by atoms with Crippen molar-refractivity contribution in [2.45, 2.75) is 6.92 Å². The second-order valence-corrected chi connectivity index (χ2v) is 3.45. The van der Waals surface area contributed by atoms with Crippen molar-refractivity contribution >= 4 is 16.7 Å². The smallest absolute Gasteiger partial charge is 0.212 e. The molecule has 1 heterocycles. The van der Waals surface area contributed by atoms with E-state index in [9.17, 15) is 4.79 Å². The van der Waals surface area contributed by atoms with Gasteiger partial charge in [-0.3, -0.25) is 4.79 Å². The summed E-state index contributed by atoms with van der Waals surface area (Å²) in [6.45, 7) is 1.59. The highest BCUT2D eigenvalue weighted by Crippen LogP contribution is 2.11. The quantitative estimate of drug-likeness (QED) is 0.492. The average molecular weight is 186 g/mol. The van der Waals surface area contributed by atoms with E-state index in [1.54, 1.807) is 6.92 Å². The lowest BCUT2D eigenvalue weighted by Gasteiger charge is -1.98. The van der Waals surface area contributed by atoms with Crippen LogP contribution in [-0.4, -0.2) is 5.78 Å². The Morgan fingerprint density at radius 2 is 2.07 bits per heavy atom. The minimum atomic E-state index is 0.107. The zero-order chi connectivity index (χ0) is 10.1. The Morgan fingerprint density at radius 3 is 2.79 bits per heavy atom. The molecule has 0 aliphatic carbocycles. The van der Waals surface area contributed by atoms with E-state index in [4.69, 9.17) is 0 Å². The van der Waals surface area contributed by atoms with Crippen molar-refractivity contribution in [2.75, 3.05) is 0 Å². The summed E-state index contributed by atoms with van der Waals surface area (Å²) in [4.78, 5) is 11.2. The summed E-state index contributed by atoms with van der Waals surface area (Å²) < 4.78 is 2.02. The molecule has 1 aromatic heterocycles. The molecule has 0 aliphatic rings. The van der Waals surface area contributed by atoms with Crippen LogP contribution in [0.5, 0.6) is 0 Å². The molecule has 0 amide bonds. The first kappa shape index (κ1) is 8.88. The van der Waals surface area contributed by atoms with Gasteiger partial charge in [-0.05, 0) is 19.1 Å². The lowest BCUT2D eigenvalue weighted by molar-refractivity contribution is -0.644. The molecule has 0 bridgehead atoms. The third-order valence-corrected chi connectivity index (χ3v) is 2.40. The summed E-state index contributed by atoms with van der Waals surface area (Å²) in [5, 5.41) is 1.15. The standard InChI is InChI=1S/C12H12NO/c1-9(14)11-6-5-10-4-3-7-13(2)12(10)8-11/h3-8H,1-2H3/q+1. The van der Waals surface area contributed by atoms with E-state index in [2.05, 4.69) is 0 Å². The molecule has 0 aliphatic heterocycles. The summed E-state index contributed by atoms with van der Waals surface area (Å²) in [6.07, 6.45) is 1.98. The molecule has 14 heavy (non-hydrogen) atoms. The second kappa shape index (κ2) is 3.22. The van der Waals surface area contributed by atoms with Gasteiger partial charge in [0.2, 0.25) is 5.52 Å². The van der Waals surface area contributed by atoms with Crippen LogP contribution in [0.4, 0.5) is 0 Å². The van der Waals surface area contributed by atoms with Crippen LogP contribution in [0, 0.1) is 0 Å². The van der Waals surface area contributed by atoms with Crippen molar-refractivity contribution in [1.82, 2.24) is 0 Å². The van der Waals surface area contributed by atoms with Gasteiger partial charge in [-0.15, -0.1) is 0 Å². The van der Waals surface area contributed by atoms with Crippen LogP contribution in [0.25, 0.3) is 10.9 Å². The number of pyridine rings is 1. The van der Waals surface area contributed by atoms with Gasteiger partial charge in [-0.2, -0.15) is 0 Å². The molecule has 1 aromatic carbocycles. The Balaban J connectivity index is 2.76. The van der Waals surface area contributed by atoms with Crippen molar-refractivity contribution in [3.63, 3.8) is 0 Å². The molecule has 70 valence electrons. The number of carbonyl (C=O) groups excluding carboxylic acids is 1. The van der Waals surface area contributed by atoms with Gasteiger partial charge < -0.3 is 0 Å². The van der Waals surface area contributed by atoms with Gasteiger partial charge in [-0.25, -0.2) is 4.57 Å². The van der Waals surface area contributed by atoms with E-state index in [0.717, 1.165) is 16.5 Å². The number of rotatable bonds is 1. The van der Waals surface area contributed by atoms with Crippen LogP contribution in [0.1, 0.15) is 17.3 Å². The molecule has 0 spiro atoms. The van der Waals surface area contributed by atoms with Crippen molar-refractivity contribution in [1.29, 1.82) is 0 Å². The van der Waals surface area contributed by atoms with Crippen molar-refractivity contribution in [3.05, 3.63) is 42.1 Å². The summed E-state index contributed by atoms with van der Waals surface area (Å²) in [5.74, 6) is 0.107. The largest absolute Gasteiger partial charge is 0.295 e. The number of nitrogens with zero attached hydrogens (tertiary/aromatic N) is 1. The fraction of sp³-hybridized carbons (Fsp3) is 0.167. The first-order chi connectivity index (χ1) is 6.68. The molecule has 0 N–H and O–H groups in total. The monoisotopic (exact) mass is 186 g/mol. The number of aryl methyl sites for hydroxylation is 1. The first-order valence-electron chi connectivity index (χ1n) is 4.58. The molecular weight excluding hydrogens is 174 g/mol. The summed E-state index contributed by atoms with van der Waals surface area (Å²) in [6, 6.07) is 9.81. The maximum atomic E-state index is 11.2. The van der Waals surface area contributed by atoms with E-state index in [1.807, 2.05) is 48.1 Å². The molecule has 0 atom stereocenters. The Hall–Kier alpha value is -1.70. The van der Waals surface area contributed by atoms with Gasteiger partial charge in [0.15, 0.2) is 12.0 Å². The van der Waals surface area contributed by atoms with Crippen LogP contribution in [0.3, 0.4) is 0 Å². The van der Waals surface area contributed by atoms with Gasteiger partial charge in [0, 0.05) is 23.1 Å². The van der Waals surface area contributed by atoms with Gasteiger partial charge >= 0.3 is 0 Å². The minimum Gasteiger partial charge on any atom is -0.295 e. The normalized spacial score (nSPS) is 10.4. The van der Waals surface area contributed by atoms with Crippen LogP contribution < -0.4 is 4.57 Å². The zero-order valence-electron chi connectivity index (χ0n) is 8.32. The molecule has 0 saturated heterocycles. The first-order valence-corrected chi connectivity index (χ1v) is 4.58. The molecule has 0 fully saturated rings. The fourth-order valence-corrected chi connectivity index (χ4v) is 1.57. The number of benzene rings is 1. The summed E-state index contributed by atoms with van der Waals surface area (Å²) in [7, 11) is 1.98. The Morgan fingerprint density at radius 1 is 1.29 bits per heavy atom. The van der Waals surface area contributed by atoms with Gasteiger partial charge in [0.25, 0.3) is 0 Å². The van der Waals surface area contributed by atoms with Crippen LogP contribution in [-0.2, 0) is 7.05 Å². The van der Waals surface area contributed by atoms with Crippen molar-refractivity contribution in [2.24, 2.45) is 7.05 Å². The average Bonchev–Trinajstić information content (AvgIpc) is 2.18. The highest BCUT2D eigenvalue weighted by Gasteiger charge is 2.06. The van der Waals surface area contributed by atoms with Gasteiger partial charge in [0.05, 0.1) is 0 Å². The number of hydrogen-bond donors (Lipinski definition) is 0. The maximum absolute atomic E-state index is 11.2. The lowest BCUT2D eigenvalue weighted by Crippen LogP contribution is -2.27. The molecule has 2 heteroatoms. The lowest BCUT2D eigenvalue weighted by atomic mass is 10.1. The highest BCUT2D eigenvalue weighted by molar-refractivity contribution is 5.97. The van der Waals surface area contributed by atoms with Crippen LogP contribution in [0.2, 0.25) is 0 Å². The number of fused-ring (bicyclic) bond motifs is 1. The van der Waals surface area contributed by atoms with Gasteiger partial charge in [-0.1, -0.05) is 6.07 Å². The van der Waals surface area contributed by atoms with E-state index in [-0.39, 0.29) is 5.78 Å². The number of ketones is 1. The van der Waals surface area contributed by atoms with E-state index in [0.29, 0.717) is 0 Å². The van der Waals surface area contributed by atoms with E-state index < -0.39 is 0 Å². The Labute approximate surface area is 82.8 Å². The fourth-order valence-electron chi connectivity index (χ4n) is 1.57. The molecule has 0 saturated carbocycles. The SMILES string of the molecule is CC(=O)c1ccc2ccc[n+](C)c2c1. The van der Waals surface area contributed by atoms with E-state index >= 15 is 0 Å². The molecule has 2 aromatic rings. The Bertz CT molecular complexity index is 503. The van der Waals surface area contributed by atoms with Crippen LogP contribution >= 0.6 is 0 Å². The summed E-state index contributed by atoms with van der Waals surface area (Å²) >= 11 is 0. The van der Waals surface area contributed by atoms with Crippen LogP contribution in [0.15, 0.2) is 36.5 Å². The number of aromatic nitrogens is 1. The molecule has 0 unspecified atom stereocenters. The Kier molecular flexibility index (Phi) is 2.04. The minimum absolute atomic E-state index is 0.107. The number of Topliss-reactive ketones (excluding diaryl/α,β-unsaturated/α-hetero) is 1. The number of hydrogen-bond acceptors (Lipinski definition) is 1. The number of carbonyl (C=O) groups is 1. The summed E-state index contributed by atoms with van der Waals surface area (Å²) in [5.41, 5.74) is 1.85. The second-order valence-electron chi connectivity index (χ2n) is 3.45. The molecule has 2 rings (SSSR count). The zero-order valence-corrected chi connectivity index (χ0v) is 8.32. The maximum Gasteiger partial charge on any atom is 0.212 e. The third-order valence-electron chi connectivity index (χ3n) is 2.40. The predicted octanol–water partition coefficient (Wildman–Crippen LogP) is 1.87. The van der Waals surface area contributed by atoms with E-state index in [1.165, 1.54) is 0 Å². The predicted molar refractivity (Wildman–Crippen MR) is 55.1 cm³/mol. The molecule has 2 nitrogen and oxygen atoms in total. The highest BCUT2D eigenvalue weighted by atomic mass is 16.1. The third kappa shape index (κ3) is 1.39. The molecular formula is C12H12NO+.